The van der Waals surface area contributed by atoms with Crippen molar-refractivity contribution >= 4 is 30.9 Å². The van der Waals surface area contributed by atoms with E-state index in [9.17, 15) is 4.79 Å². The Labute approximate surface area is 118 Å². The molecule has 1 atom stereocenters. The zero-order valence-corrected chi connectivity index (χ0v) is 12.6. The molecule has 0 saturated carbocycles. The molecule has 0 bridgehead atoms. The van der Waals surface area contributed by atoms with Crippen molar-refractivity contribution in [3.05, 3.63) is 35.4 Å². The molecule has 0 aliphatic heterocycles. The van der Waals surface area contributed by atoms with Crippen LogP contribution in [0.2, 0.25) is 0 Å². The van der Waals surface area contributed by atoms with E-state index < -0.39 is 5.97 Å². The van der Waals surface area contributed by atoms with Gasteiger partial charge in [0.2, 0.25) is 0 Å². The molecule has 5 nitrogen and oxygen atoms in total. The first kappa shape index (κ1) is 15.4. The average molecular weight is 326 g/mol. The molecule has 0 amide bonds. The summed E-state index contributed by atoms with van der Waals surface area (Å²) in [6.45, 7) is 3.56. The van der Waals surface area contributed by atoms with Crippen LogP contribution in [0.15, 0.2) is 35.4 Å². The zero-order chi connectivity index (χ0) is 14.1. The molecule has 6 heteroatoms. The molecule has 1 heterocycles. The van der Waals surface area contributed by atoms with Gasteiger partial charge in [-0.2, -0.15) is 0 Å². The van der Waals surface area contributed by atoms with Crippen molar-refractivity contribution in [1.29, 1.82) is 0 Å². The maximum atomic E-state index is 9.93. The maximum absolute atomic E-state index is 9.93. The van der Waals surface area contributed by atoms with E-state index in [0.29, 0.717) is 0 Å². The SMILES string of the molecule is CCC(C)C(=O)O.c1ccc(Nc2nnc[se]2)cc1. The number of hydrogen-bond donors (Lipinski definition) is 2. The van der Waals surface area contributed by atoms with Gasteiger partial charge in [-0.15, -0.1) is 0 Å². The van der Waals surface area contributed by atoms with Gasteiger partial charge in [0, 0.05) is 0 Å². The zero-order valence-electron chi connectivity index (χ0n) is 10.9. The van der Waals surface area contributed by atoms with Crippen LogP contribution in [-0.4, -0.2) is 35.8 Å². The van der Waals surface area contributed by atoms with Crippen molar-refractivity contribution < 1.29 is 9.90 Å². The first-order valence-electron chi connectivity index (χ1n) is 5.94. The number of carboxylic acid groups (broad SMARTS) is 1. The number of para-hydroxylation sites is 1. The minimum absolute atomic E-state index is 0.181. The Morgan fingerprint density at radius 3 is 2.53 bits per heavy atom. The van der Waals surface area contributed by atoms with Crippen LogP contribution < -0.4 is 5.32 Å². The summed E-state index contributed by atoms with van der Waals surface area (Å²) in [6, 6.07) is 9.99. The fraction of sp³-hybridized carbons (Fsp3) is 0.308. The number of rotatable bonds is 4. The van der Waals surface area contributed by atoms with E-state index >= 15 is 0 Å². The van der Waals surface area contributed by atoms with Gasteiger partial charge in [-0.05, 0) is 6.42 Å². The molecule has 1 unspecified atom stereocenters. The normalized spacial score (nSPS) is 11.1. The molecule has 2 N–H and O–H groups in total. The number of aliphatic carboxylic acids is 1. The van der Waals surface area contributed by atoms with Crippen LogP contribution in [0.3, 0.4) is 0 Å². The summed E-state index contributed by atoms with van der Waals surface area (Å²) in [7, 11) is 0. The van der Waals surface area contributed by atoms with Gasteiger partial charge >= 0.3 is 81.8 Å². The Balaban J connectivity index is 0.000000224. The first-order valence-corrected chi connectivity index (χ1v) is 7.79. The van der Waals surface area contributed by atoms with Crippen LogP contribution >= 0.6 is 0 Å². The third kappa shape index (κ3) is 6.17. The molecule has 2 aromatic rings. The fourth-order valence-corrected chi connectivity index (χ4v) is 2.02. The summed E-state index contributed by atoms with van der Waals surface area (Å²) in [5, 5.41) is 20.9. The van der Waals surface area contributed by atoms with Gasteiger partial charge in [-0.1, -0.05) is 13.8 Å². The van der Waals surface area contributed by atoms with Gasteiger partial charge < -0.3 is 5.11 Å². The number of aromatic nitrogens is 2. The van der Waals surface area contributed by atoms with E-state index in [4.69, 9.17) is 5.11 Å². The Bertz CT molecular complexity index is 474. The molecule has 0 aliphatic rings. The second-order valence-corrected chi connectivity index (χ2v) is 5.63. The van der Waals surface area contributed by atoms with Gasteiger partial charge in [-0.25, -0.2) is 0 Å². The number of carboxylic acids is 1. The summed E-state index contributed by atoms with van der Waals surface area (Å²) in [4.78, 5) is 9.93. The molecule has 102 valence electrons. The number of carbonyl (C=O) groups is 1. The van der Waals surface area contributed by atoms with Crippen molar-refractivity contribution in [2.24, 2.45) is 5.92 Å². The molecule has 0 fully saturated rings. The van der Waals surface area contributed by atoms with E-state index in [1.165, 1.54) is 0 Å². The van der Waals surface area contributed by atoms with E-state index in [0.717, 1.165) is 16.8 Å². The summed E-state index contributed by atoms with van der Waals surface area (Å²) >= 11 is 0.288. The summed E-state index contributed by atoms with van der Waals surface area (Å²) in [6.07, 6.45) is 0.718. The van der Waals surface area contributed by atoms with Crippen molar-refractivity contribution in [1.82, 2.24) is 10.2 Å². The third-order valence-corrected chi connectivity index (χ3v) is 3.69. The van der Waals surface area contributed by atoms with Crippen molar-refractivity contribution in [2.45, 2.75) is 20.3 Å². The average Bonchev–Trinajstić information content (AvgIpc) is 2.92. The molecule has 0 saturated heterocycles. The summed E-state index contributed by atoms with van der Waals surface area (Å²) in [5.74, 6) is -0.887. The Hall–Kier alpha value is -1.65. The van der Waals surface area contributed by atoms with Gasteiger partial charge in [0.1, 0.15) is 0 Å². The molecular weight excluding hydrogens is 309 g/mol. The van der Waals surface area contributed by atoms with Gasteiger partial charge in [-0.3, -0.25) is 4.79 Å². The predicted octanol–water partition coefficient (Wildman–Crippen LogP) is 2.39. The van der Waals surface area contributed by atoms with Crippen LogP contribution in [0.25, 0.3) is 0 Å². The number of nitrogens with one attached hydrogen (secondary N) is 1. The number of hydrogen-bond acceptors (Lipinski definition) is 4. The number of benzene rings is 1. The van der Waals surface area contributed by atoms with Crippen molar-refractivity contribution in [3.8, 4) is 0 Å². The van der Waals surface area contributed by atoms with Crippen LogP contribution in [0, 0.1) is 5.92 Å². The third-order valence-electron chi connectivity index (χ3n) is 2.42. The topological polar surface area (TPSA) is 75.1 Å². The fourth-order valence-electron chi connectivity index (χ4n) is 1.05. The summed E-state index contributed by atoms with van der Waals surface area (Å²) in [5.41, 5.74) is 1.07. The molecule has 1 aromatic carbocycles. The monoisotopic (exact) mass is 327 g/mol. The van der Waals surface area contributed by atoms with Crippen LogP contribution in [-0.2, 0) is 4.79 Å². The molecule has 0 aliphatic carbocycles. The molecule has 0 spiro atoms. The quantitative estimate of drug-likeness (QED) is 0.844. The van der Waals surface area contributed by atoms with Gasteiger partial charge in [0.25, 0.3) is 0 Å². The van der Waals surface area contributed by atoms with E-state index in [1.54, 1.807) is 6.92 Å². The van der Waals surface area contributed by atoms with E-state index in [-0.39, 0.29) is 20.4 Å². The minimum atomic E-state index is -0.706. The Morgan fingerprint density at radius 1 is 1.42 bits per heavy atom. The van der Waals surface area contributed by atoms with Crippen molar-refractivity contribution in [3.63, 3.8) is 0 Å². The van der Waals surface area contributed by atoms with Crippen molar-refractivity contribution in [2.75, 3.05) is 5.32 Å². The van der Waals surface area contributed by atoms with E-state index in [1.807, 2.05) is 42.3 Å². The Kier molecular flexibility index (Phi) is 6.85. The second-order valence-electron chi connectivity index (χ2n) is 3.88. The standard InChI is InChI=1S/C8H7N3Se.C5H10O2/c1-2-4-7(5-3-1)10-8-11-9-6-12-8;1-3-4(2)5(6)7/h1-6H,(H,10,11);4H,3H2,1-2H3,(H,6,7). The second kappa shape index (κ2) is 8.45. The molecule has 2 rings (SSSR count). The van der Waals surface area contributed by atoms with E-state index in [2.05, 4.69) is 15.5 Å². The van der Waals surface area contributed by atoms with Crippen LogP contribution in [0.5, 0.6) is 0 Å². The van der Waals surface area contributed by atoms with Crippen LogP contribution in [0.4, 0.5) is 10.4 Å². The predicted molar refractivity (Wildman–Crippen MR) is 75.8 cm³/mol. The number of anilines is 2. The molecule has 1 aromatic heterocycles. The first-order chi connectivity index (χ1) is 9.13. The molecular formula is C13H17N3O2Se. The van der Waals surface area contributed by atoms with Gasteiger partial charge in [0.05, 0.1) is 5.92 Å². The number of nitrogens with zero attached hydrogens (tertiary/aromatic N) is 2. The van der Waals surface area contributed by atoms with Crippen LogP contribution in [0.1, 0.15) is 20.3 Å². The molecule has 0 radical (unpaired) electrons. The Morgan fingerprint density at radius 2 is 2.11 bits per heavy atom. The van der Waals surface area contributed by atoms with Gasteiger partial charge in [0.15, 0.2) is 0 Å². The molecule has 19 heavy (non-hydrogen) atoms. The summed E-state index contributed by atoms with van der Waals surface area (Å²) < 4.78 is 0.966.